The molecule has 0 aliphatic rings. The Morgan fingerprint density at radius 3 is 1.50 bits per heavy atom. The molecule has 0 nitrogen and oxygen atoms in total. The van der Waals surface area contributed by atoms with Crippen molar-refractivity contribution in [3.05, 3.63) is 0 Å². The highest BCUT2D eigenvalue weighted by Crippen LogP contribution is 1.93. The summed E-state index contributed by atoms with van der Waals surface area (Å²) in [5.74, 6) is 0.884. The molecule has 0 aliphatic carbocycles. The molecular weight excluding hydrogens is 187 g/mol. The lowest BCUT2D eigenvalue weighted by Crippen LogP contribution is -3.00. The number of halogens is 1. The molecule has 1 heteroatoms. The van der Waals surface area contributed by atoms with Gasteiger partial charge in [-0.1, -0.05) is 27.2 Å². The van der Waals surface area contributed by atoms with E-state index >= 15 is 0 Å². The van der Waals surface area contributed by atoms with E-state index in [9.17, 15) is 0 Å². The van der Waals surface area contributed by atoms with Crippen LogP contribution in [-0.4, -0.2) is 0 Å². The summed E-state index contributed by atoms with van der Waals surface area (Å²) in [6.07, 6.45) is 1.31. The average Bonchev–Trinajstić information content (AvgIpc) is 1.38. The van der Waals surface area contributed by atoms with E-state index in [1.165, 1.54) is 6.42 Å². The molecule has 0 bridgehead atoms. The van der Waals surface area contributed by atoms with Gasteiger partial charge in [0, 0.05) is 0 Å². The average molecular weight is 199 g/mol. The summed E-state index contributed by atoms with van der Waals surface area (Å²) in [6.45, 7) is 6.64. The van der Waals surface area contributed by atoms with Crippen LogP contribution in [0.2, 0.25) is 0 Å². The van der Waals surface area contributed by atoms with Crippen molar-refractivity contribution in [1.29, 1.82) is 0 Å². The Kier molecular flexibility index (Phi) is 9.43. The summed E-state index contributed by atoms with van der Waals surface area (Å²) < 4.78 is 0. The SMILES string of the molecule is CCC(C)C.[I-]. The molecule has 0 aromatic rings. The predicted octanol–water partition coefficient (Wildman–Crippen LogP) is -0.944. The van der Waals surface area contributed by atoms with Gasteiger partial charge in [-0.3, -0.25) is 0 Å². The van der Waals surface area contributed by atoms with Crippen LogP contribution in [0.25, 0.3) is 0 Å². The first-order valence-electron chi connectivity index (χ1n) is 2.27. The van der Waals surface area contributed by atoms with Gasteiger partial charge < -0.3 is 24.0 Å². The molecule has 0 unspecified atom stereocenters. The molecule has 0 fully saturated rings. The van der Waals surface area contributed by atoms with Gasteiger partial charge >= 0.3 is 0 Å². The molecule has 0 aliphatic heterocycles. The first kappa shape index (κ1) is 9.88. The lowest BCUT2D eigenvalue weighted by atomic mass is 10.2. The smallest absolute Gasteiger partial charge is 0.0474 e. The van der Waals surface area contributed by atoms with E-state index in [0.717, 1.165) is 5.92 Å². The third-order valence-corrected chi connectivity index (χ3v) is 0.816. The quantitative estimate of drug-likeness (QED) is 0.478. The molecule has 0 spiro atoms. The van der Waals surface area contributed by atoms with Crippen molar-refractivity contribution >= 4 is 0 Å². The highest BCUT2D eigenvalue weighted by atomic mass is 127. The number of hydrogen-bond donors (Lipinski definition) is 0. The standard InChI is InChI=1S/C5H12.HI/c1-4-5(2)3;/h5H,4H2,1-3H3;1H/p-1. The van der Waals surface area contributed by atoms with Gasteiger partial charge in [-0.15, -0.1) is 0 Å². The fourth-order valence-corrected chi connectivity index (χ4v) is 0. The van der Waals surface area contributed by atoms with Crippen molar-refractivity contribution in [2.45, 2.75) is 27.2 Å². The van der Waals surface area contributed by atoms with E-state index in [1.807, 2.05) is 0 Å². The summed E-state index contributed by atoms with van der Waals surface area (Å²) in [5.41, 5.74) is 0. The van der Waals surface area contributed by atoms with Crippen LogP contribution in [0.5, 0.6) is 0 Å². The third-order valence-electron chi connectivity index (χ3n) is 0.816. The zero-order valence-electron chi connectivity index (χ0n) is 4.66. The number of rotatable bonds is 1. The maximum atomic E-state index is 2.22. The van der Waals surface area contributed by atoms with Gasteiger partial charge in [0.1, 0.15) is 0 Å². The van der Waals surface area contributed by atoms with Crippen molar-refractivity contribution in [3.63, 3.8) is 0 Å². The van der Waals surface area contributed by atoms with Gasteiger partial charge in [-0.05, 0) is 5.92 Å². The molecule has 0 amide bonds. The molecule has 0 saturated heterocycles. The van der Waals surface area contributed by atoms with Gasteiger partial charge in [0.2, 0.25) is 0 Å². The van der Waals surface area contributed by atoms with E-state index in [1.54, 1.807) is 0 Å². The second kappa shape index (κ2) is 5.73. The Morgan fingerprint density at radius 1 is 1.33 bits per heavy atom. The van der Waals surface area contributed by atoms with Crippen LogP contribution in [0.15, 0.2) is 0 Å². The first-order valence-corrected chi connectivity index (χ1v) is 2.27. The van der Waals surface area contributed by atoms with Crippen molar-refractivity contribution < 1.29 is 24.0 Å². The first-order chi connectivity index (χ1) is 2.27. The monoisotopic (exact) mass is 199 g/mol. The summed E-state index contributed by atoms with van der Waals surface area (Å²) in [5, 5.41) is 0. The minimum absolute atomic E-state index is 0. The van der Waals surface area contributed by atoms with Gasteiger partial charge in [-0.2, -0.15) is 0 Å². The molecule has 0 radical (unpaired) electrons. The summed E-state index contributed by atoms with van der Waals surface area (Å²) in [7, 11) is 0. The normalized spacial score (nSPS) is 8.00. The fraction of sp³-hybridized carbons (Fsp3) is 1.00. The Hall–Kier alpha value is 0.730. The summed E-state index contributed by atoms with van der Waals surface area (Å²) >= 11 is 0. The minimum atomic E-state index is 0. The molecule has 0 atom stereocenters. The second-order valence-corrected chi connectivity index (χ2v) is 1.80. The summed E-state index contributed by atoms with van der Waals surface area (Å²) in [4.78, 5) is 0. The molecular formula is C5H12I-. The van der Waals surface area contributed by atoms with Crippen LogP contribution in [0.4, 0.5) is 0 Å². The molecule has 6 heavy (non-hydrogen) atoms. The van der Waals surface area contributed by atoms with Crippen molar-refractivity contribution in [1.82, 2.24) is 0 Å². The Balaban J connectivity index is 0. The predicted molar refractivity (Wildman–Crippen MR) is 25.1 cm³/mol. The maximum absolute atomic E-state index is 2.22. The Labute approximate surface area is 57.3 Å². The van der Waals surface area contributed by atoms with Crippen LogP contribution in [-0.2, 0) is 0 Å². The zero-order chi connectivity index (χ0) is 4.28. The molecule has 0 aromatic carbocycles. The molecule has 0 saturated carbocycles. The van der Waals surface area contributed by atoms with E-state index in [-0.39, 0.29) is 24.0 Å². The Morgan fingerprint density at radius 2 is 1.50 bits per heavy atom. The van der Waals surface area contributed by atoms with E-state index < -0.39 is 0 Å². The van der Waals surface area contributed by atoms with Gasteiger partial charge in [0.15, 0.2) is 0 Å². The Bertz CT molecular complexity index is 17.9. The molecule has 40 valence electrons. The molecule has 0 heterocycles. The minimum Gasteiger partial charge on any atom is -1.00 e. The third kappa shape index (κ3) is 8.83. The van der Waals surface area contributed by atoms with Gasteiger partial charge in [0.25, 0.3) is 0 Å². The van der Waals surface area contributed by atoms with E-state index in [0.29, 0.717) is 0 Å². The van der Waals surface area contributed by atoms with Crippen LogP contribution in [0.1, 0.15) is 27.2 Å². The highest BCUT2D eigenvalue weighted by Gasteiger charge is 1.80. The van der Waals surface area contributed by atoms with Crippen molar-refractivity contribution in [2.75, 3.05) is 0 Å². The zero-order valence-corrected chi connectivity index (χ0v) is 6.82. The van der Waals surface area contributed by atoms with Gasteiger partial charge in [-0.25, -0.2) is 0 Å². The topological polar surface area (TPSA) is 0 Å². The molecule has 0 rings (SSSR count). The van der Waals surface area contributed by atoms with E-state index in [2.05, 4.69) is 20.8 Å². The van der Waals surface area contributed by atoms with Crippen molar-refractivity contribution in [2.24, 2.45) is 5.92 Å². The fourth-order valence-electron chi connectivity index (χ4n) is 0. The van der Waals surface area contributed by atoms with Crippen molar-refractivity contribution in [3.8, 4) is 0 Å². The lowest BCUT2D eigenvalue weighted by molar-refractivity contribution is -0.00000137. The molecule has 0 aromatic heterocycles. The van der Waals surface area contributed by atoms with E-state index in [4.69, 9.17) is 0 Å². The maximum Gasteiger partial charge on any atom is -0.0474 e. The van der Waals surface area contributed by atoms with Crippen LogP contribution < -0.4 is 24.0 Å². The highest BCUT2D eigenvalue weighted by molar-refractivity contribution is 4.32. The van der Waals surface area contributed by atoms with Crippen LogP contribution >= 0.6 is 0 Å². The lowest BCUT2D eigenvalue weighted by Gasteiger charge is -1.90. The summed E-state index contributed by atoms with van der Waals surface area (Å²) in [6, 6.07) is 0. The van der Waals surface area contributed by atoms with Crippen LogP contribution in [0, 0.1) is 5.92 Å². The largest absolute Gasteiger partial charge is 1.00 e. The van der Waals surface area contributed by atoms with Gasteiger partial charge in [0.05, 0.1) is 0 Å². The molecule has 0 N–H and O–H groups in total. The number of hydrogen-bond acceptors (Lipinski definition) is 0. The second-order valence-electron chi connectivity index (χ2n) is 1.80. The van der Waals surface area contributed by atoms with Crippen LogP contribution in [0.3, 0.4) is 0 Å².